The quantitative estimate of drug-likeness (QED) is 0.657. The first kappa shape index (κ1) is 13.6. The molecule has 0 saturated heterocycles. The molecule has 0 unspecified atom stereocenters. The highest BCUT2D eigenvalue weighted by Crippen LogP contribution is 2.22. The van der Waals surface area contributed by atoms with Gasteiger partial charge in [-0.2, -0.15) is 0 Å². The van der Waals surface area contributed by atoms with E-state index in [-0.39, 0.29) is 0 Å². The Morgan fingerprint density at radius 3 is 2.67 bits per heavy atom. The van der Waals surface area contributed by atoms with Crippen molar-refractivity contribution in [3.05, 3.63) is 45.4 Å². The number of aromatic nitrogens is 2. The van der Waals surface area contributed by atoms with E-state index in [0.29, 0.717) is 0 Å². The maximum absolute atomic E-state index is 4.47. The maximum atomic E-state index is 4.47. The summed E-state index contributed by atoms with van der Waals surface area (Å²) >= 11 is 3.98. The lowest BCUT2D eigenvalue weighted by molar-refractivity contribution is 1.02. The minimum absolute atomic E-state index is 0.786. The first-order valence-electron chi connectivity index (χ1n) is 5.57. The fraction of sp³-hybridized carbons (Fsp3) is 0.231. The lowest BCUT2D eigenvalue weighted by Gasteiger charge is -2.05. The van der Waals surface area contributed by atoms with Gasteiger partial charge in [-0.15, -0.1) is 11.8 Å². The van der Waals surface area contributed by atoms with E-state index in [2.05, 4.69) is 69.1 Å². The zero-order valence-corrected chi connectivity index (χ0v) is 13.2. The van der Waals surface area contributed by atoms with Crippen molar-refractivity contribution in [1.29, 1.82) is 0 Å². The second kappa shape index (κ2) is 6.38. The zero-order valence-electron chi connectivity index (χ0n) is 10.3. The number of aryl methyl sites for hydroxylation is 1. The molecule has 94 valence electrons. The van der Waals surface area contributed by atoms with E-state index in [9.17, 15) is 0 Å². The smallest absolute Gasteiger partial charge is 0.142 e. The molecule has 2 rings (SSSR count). The molecule has 0 aliphatic heterocycles. The molecule has 0 saturated carbocycles. The number of thioether (sulfide) groups is 1. The van der Waals surface area contributed by atoms with Crippen LogP contribution in [-0.4, -0.2) is 17.0 Å². The number of nitrogens with zero attached hydrogens (tertiary/aromatic N) is 2. The van der Waals surface area contributed by atoms with Crippen molar-refractivity contribution in [2.75, 3.05) is 12.4 Å². The average Bonchev–Trinajstić information content (AvgIpc) is 2.39. The SMILES string of the molecule is CNc1nc(CSc2ccc(C)cc2)ncc1I. The third-order valence-electron chi connectivity index (χ3n) is 2.42. The van der Waals surface area contributed by atoms with Gasteiger partial charge in [-0.05, 0) is 41.6 Å². The number of rotatable bonds is 4. The Bertz CT molecular complexity index is 528. The number of anilines is 1. The molecule has 0 aliphatic rings. The summed E-state index contributed by atoms with van der Waals surface area (Å²) in [4.78, 5) is 10.1. The highest BCUT2D eigenvalue weighted by molar-refractivity contribution is 14.1. The number of hydrogen-bond acceptors (Lipinski definition) is 4. The van der Waals surface area contributed by atoms with Crippen LogP contribution in [0.25, 0.3) is 0 Å². The van der Waals surface area contributed by atoms with Crippen LogP contribution in [0.3, 0.4) is 0 Å². The number of nitrogens with one attached hydrogen (secondary N) is 1. The molecule has 0 fully saturated rings. The summed E-state index contributed by atoms with van der Waals surface area (Å²) in [5, 5.41) is 3.07. The van der Waals surface area contributed by atoms with E-state index in [1.165, 1.54) is 10.5 Å². The van der Waals surface area contributed by atoms with E-state index >= 15 is 0 Å². The van der Waals surface area contributed by atoms with Crippen LogP contribution in [0.15, 0.2) is 35.4 Å². The topological polar surface area (TPSA) is 37.8 Å². The zero-order chi connectivity index (χ0) is 13.0. The van der Waals surface area contributed by atoms with Gasteiger partial charge in [0.2, 0.25) is 0 Å². The molecule has 0 amide bonds. The Labute approximate surface area is 125 Å². The summed E-state index contributed by atoms with van der Waals surface area (Å²) in [5.41, 5.74) is 1.28. The molecular weight excluding hydrogens is 357 g/mol. The van der Waals surface area contributed by atoms with E-state index in [4.69, 9.17) is 0 Å². The molecular formula is C13H14IN3S. The normalized spacial score (nSPS) is 10.4. The summed E-state index contributed by atoms with van der Waals surface area (Å²) in [6.45, 7) is 2.09. The standard InChI is InChI=1S/C13H14IN3S/c1-9-3-5-10(6-4-9)18-8-12-16-7-11(14)13(15-2)17-12/h3-7H,8H2,1-2H3,(H,15,16,17). The van der Waals surface area contributed by atoms with Crippen molar-refractivity contribution in [2.24, 2.45) is 0 Å². The molecule has 2 aromatic rings. The summed E-state index contributed by atoms with van der Waals surface area (Å²) in [6.07, 6.45) is 1.85. The van der Waals surface area contributed by atoms with Crippen LogP contribution >= 0.6 is 34.4 Å². The van der Waals surface area contributed by atoms with Gasteiger partial charge in [0.25, 0.3) is 0 Å². The summed E-state index contributed by atoms with van der Waals surface area (Å²) < 4.78 is 1.04. The predicted molar refractivity (Wildman–Crippen MR) is 85.0 cm³/mol. The molecule has 1 heterocycles. The van der Waals surface area contributed by atoms with Crippen molar-refractivity contribution < 1.29 is 0 Å². The van der Waals surface area contributed by atoms with Crippen LogP contribution in [0.4, 0.5) is 5.82 Å². The summed E-state index contributed by atoms with van der Waals surface area (Å²) in [6, 6.07) is 8.50. The van der Waals surface area contributed by atoms with Crippen LogP contribution < -0.4 is 5.32 Å². The third kappa shape index (κ3) is 3.58. The van der Waals surface area contributed by atoms with Crippen LogP contribution in [0, 0.1) is 10.5 Å². The predicted octanol–water partition coefficient (Wildman–Crippen LogP) is 3.72. The minimum Gasteiger partial charge on any atom is -0.372 e. The van der Waals surface area contributed by atoms with Gasteiger partial charge in [-0.1, -0.05) is 17.7 Å². The van der Waals surface area contributed by atoms with E-state index in [0.717, 1.165) is 21.0 Å². The molecule has 0 aliphatic carbocycles. The first-order valence-corrected chi connectivity index (χ1v) is 7.64. The Morgan fingerprint density at radius 2 is 2.00 bits per heavy atom. The number of hydrogen-bond donors (Lipinski definition) is 1. The molecule has 1 N–H and O–H groups in total. The van der Waals surface area contributed by atoms with Gasteiger partial charge in [-0.3, -0.25) is 0 Å². The lowest BCUT2D eigenvalue weighted by Crippen LogP contribution is -2.01. The molecule has 1 aromatic heterocycles. The number of halogens is 1. The van der Waals surface area contributed by atoms with Crippen LogP contribution in [0.5, 0.6) is 0 Å². The largest absolute Gasteiger partial charge is 0.372 e. The fourth-order valence-corrected chi connectivity index (χ4v) is 2.72. The van der Waals surface area contributed by atoms with E-state index in [1.54, 1.807) is 11.8 Å². The second-order valence-corrected chi connectivity index (χ2v) is 6.05. The molecule has 1 aromatic carbocycles. The van der Waals surface area contributed by atoms with Crippen LogP contribution in [0.2, 0.25) is 0 Å². The van der Waals surface area contributed by atoms with Gasteiger partial charge in [0.05, 0.1) is 9.32 Å². The molecule has 5 heteroatoms. The van der Waals surface area contributed by atoms with Crippen molar-refractivity contribution in [1.82, 2.24) is 9.97 Å². The first-order chi connectivity index (χ1) is 8.69. The monoisotopic (exact) mass is 371 g/mol. The van der Waals surface area contributed by atoms with Crippen molar-refractivity contribution in [2.45, 2.75) is 17.6 Å². The van der Waals surface area contributed by atoms with E-state index < -0.39 is 0 Å². The van der Waals surface area contributed by atoms with E-state index in [1.807, 2.05) is 13.2 Å². The highest BCUT2D eigenvalue weighted by atomic mass is 127. The Hall–Kier alpha value is -0.820. The highest BCUT2D eigenvalue weighted by Gasteiger charge is 2.04. The molecule has 0 atom stereocenters. The van der Waals surface area contributed by atoms with Crippen LogP contribution in [-0.2, 0) is 5.75 Å². The molecule has 18 heavy (non-hydrogen) atoms. The lowest BCUT2D eigenvalue weighted by atomic mass is 10.2. The van der Waals surface area contributed by atoms with Crippen molar-refractivity contribution in [3.63, 3.8) is 0 Å². The van der Waals surface area contributed by atoms with Crippen molar-refractivity contribution >= 4 is 40.2 Å². The van der Waals surface area contributed by atoms with Gasteiger partial charge < -0.3 is 5.32 Å². The Kier molecular flexibility index (Phi) is 4.82. The molecule has 0 bridgehead atoms. The fourth-order valence-electron chi connectivity index (χ4n) is 1.43. The van der Waals surface area contributed by atoms with Gasteiger partial charge in [-0.25, -0.2) is 9.97 Å². The summed E-state index contributed by atoms with van der Waals surface area (Å²) in [5.74, 6) is 2.53. The number of benzene rings is 1. The van der Waals surface area contributed by atoms with Gasteiger partial charge in [0.1, 0.15) is 11.6 Å². The van der Waals surface area contributed by atoms with Crippen LogP contribution in [0.1, 0.15) is 11.4 Å². The summed E-state index contributed by atoms with van der Waals surface area (Å²) in [7, 11) is 1.88. The van der Waals surface area contributed by atoms with Gasteiger partial charge >= 0.3 is 0 Å². The average molecular weight is 371 g/mol. The Morgan fingerprint density at radius 1 is 1.28 bits per heavy atom. The van der Waals surface area contributed by atoms with Crippen molar-refractivity contribution in [3.8, 4) is 0 Å². The molecule has 0 spiro atoms. The van der Waals surface area contributed by atoms with Gasteiger partial charge in [0.15, 0.2) is 0 Å². The Balaban J connectivity index is 2.04. The second-order valence-electron chi connectivity index (χ2n) is 3.83. The maximum Gasteiger partial charge on any atom is 0.142 e. The van der Waals surface area contributed by atoms with Gasteiger partial charge in [0, 0.05) is 18.1 Å². The third-order valence-corrected chi connectivity index (χ3v) is 4.22. The molecule has 0 radical (unpaired) electrons. The minimum atomic E-state index is 0.786. The molecule has 3 nitrogen and oxygen atoms in total.